The molecule has 0 aliphatic rings. The van der Waals surface area contributed by atoms with Gasteiger partial charge in [0.2, 0.25) is 0 Å². The fourth-order valence-electron chi connectivity index (χ4n) is 1.34. The van der Waals surface area contributed by atoms with Gasteiger partial charge in [-0.15, -0.1) is 16.4 Å². The summed E-state index contributed by atoms with van der Waals surface area (Å²) in [6.45, 7) is -0.386. The largest absolute Gasteiger partial charge is 0.480 e. The zero-order valence-corrected chi connectivity index (χ0v) is 13.1. The third kappa shape index (κ3) is 3.62. The van der Waals surface area contributed by atoms with E-state index >= 15 is 0 Å². The topological polar surface area (TPSA) is 114 Å². The van der Waals surface area contributed by atoms with Gasteiger partial charge in [0.25, 0.3) is 10.0 Å². The summed E-state index contributed by atoms with van der Waals surface area (Å²) in [5.41, 5.74) is 0.336. The summed E-state index contributed by atoms with van der Waals surface area (Å²) in [5.74, 6) is -1.05. The number of halogens is 1. The highest BCUT2D eigenvalue weighted by molar-refractivity contribution is 9.10. The van der Waals surface area contributed by atoms with Crippen molar-refractivity contribution in [3.05, 3.63) is 27.8 Å². The highest BCUT2D eigenvalue weighted by atomic mass is 79.9. The SMILES string of the molecule is O=C(O)Cn1cc(CNS(=O)(=O)c2sccc2Br)nn1. The van der Waals surface area contributed by atoms with Gasteiger partial charge in [-0.25, -0.2) is 17.8 Å². The van der Waals surface area contributed by atoms with Crippen LogP contribution in [0.15, 0.2) is 26.3 Å². The van der Waals surface area contributed by atoms with Gasteiger partial charge in [-0.3, -0.25) is 4.79 Å². The fourth-order valence-corrected chi connectivity index (χ4v) is 4.72. The monoisotopic (exact) mass is 380 g/mol. The molecule has 0 aliphatic heterocycles. The molecule has 0 amide bonds. The number of rotatable bonds is 6. The first-order chi connectivity index (χ1) is 9.38. The fraction of sp³-hybridized carbons (Fsp3) is 0.222. The van der Waals surface area contributed by atoms with Gasteiger partial charge >= 0.3 is 5.97 Å². The molecular weight excluding hydrogens is 372 g/mol. The summed E-state index contributed by atoms with van der Waals surface area (Å²) in [6, 6.07) is 1.64. The van der Waals surface area contributed by atoms with E-state index in [2.05, 4.69) is 31.0 Å². The summed E-state index contributed by atoms with van der Waals surface area (Å²) in [4.78, 5) is 10.5. The number of sulfonamides is 1. The van der Waals surface area contributed by atoms with Crippen LogP contribution in [0.25, 0.3) is 0 Å². The zero-order valence-electron chi connectivity index (χ0n) is 9.85. The molecule has 0 fully saturated rings. The summed E-state index contributed by atoms with van der Waals surface area (Å²) in [7, 11) is -3.63. The molecule has 0 aliphatic carbocycles. The molecule has 2 aromatic rings. The van der Waals surface area contributed by atoms with Crippen molar-refractivity contribution in [1.82, 2.24) is 19.7 Å². The van der Waals surface area contributed by atoms with Gasteiger partial charge in [0.05, 0.1) is 18.4 Å². The first-order valence-corrected chi connectivity index (χ1v) is 8.37. The lowest BCUT2D eigenvalue weighted by Gasteiger charge is -2.02. The second-order valence-electron chi connectivity index (χ2n) is 3.68. The van der Waals surface area contributed by atoms with Gasteiger partial charge in [0, 0.05) is 4.47 Å². The van der Waals surface area contributed by atoms with Crippen LogP contribution in [0, 0.1) is 0 Å². The van der Waals surface area contributed by atoms with E-state index < -0.39 is 16.0 Å². The van der Waals surface area contributed by atoms with Gasteiger partial charge < -0.3 is 5.11 Å². The van der Waals surface area contributed by atoms with E-state index in [1.807, 2.05) is 0 Å². The van der Waals surface area contributed by atoms with E-state index in [-0.39, 0.29) is 17.3 Å². The van der Waals surface area contributed by atoms with E-state index in [1.54, 1.807) is 11.4 Å². The number of carbonyl (C=O) groups is 1. The van der Waals surface area contributed by atoms with Crippen molar-refractivity contribution in [3.63, 3.8) is 0 Å². The molecule has 2 heterocycles. The lowest BCUT2D eigenvalue weighted by Crippen LogP contribution is -2.22. The maximum absolute atomic E-state index is 12.0. The number of aromatic nitrogens is 3. The molecule has 11 heteroatoms. The van der Waals surface area contributed by atoms with Crippen LogP contribution in [0.1, 0.15) is 5.69 Å². The van der Waals surface area contributed by atoms with E-state index in [1.165, 1.54) is 6.20 Å². The second kappa shape index (κ2) is 5.99. The Morgan fingerprint density at radius 1 is 1.55 bits per heavy atom. The Morgan fingerprint density at radius 3 is 2.90 bits per heavy atom. The number of nitrogens with one attached hydrogen (secondary N) is 1. The molecule has 0 radical (unpaired) electrons. The van der Waals surface area contributed by atoms with Gasteiger partial charge in [0.1, 0.15) is 10.8 Å². The van der Waals surface area contributed by atoms with E-state index in [0.717, 1.165) is 16.0 Å². The van der Waals surface area contributed by atoms with Crippen molar-refractivity contribution in [1.29, 1.82) is 0 Å². The van der Waals surface area contributed by atoms with E-state index in [0.29, 0.717) is 10.2 Å². The molecule has 0 saturated heterocycles. The number of thiophene rings is 1. The molecule has 2 N–H and O–H groups in total. The van der Waals surface area contributed by atoms with Crippen LogP contribution in [0.2, 0.25) is 0 Å². The Kier molecular flexibility index (Phi) is 4.52. The maximum Gasteiger partial charge on any atom is 0.325 e. The van der Waals surface area contributed by atoms with Crippen LogP contribution in [-0.2, 0) is 27.9 Å². The number of hydrogen-bond donors (Lipinski definition) is 2. The zero-order chi connectivity index (χ0) is 14.8. The Morgan fingerprint density at radius 2 is 2.30 bits per heavy atom. The minimum atomic E-state index is -3.63. The average molecular weight is 381 g/mol. The third-order valence-electron chi connectivity index (χ3n) is 2.16. The molecule has 2 rings (SSSR count). The first-order valence-electron chi connectivity index (χ1n) is 5.22. The van der Waals surface area contributed by atoms with Crippen LogP contribution in [0.4, 0.5) is 0 Å². The molecule has 2 aromatic heterocycles. The molecule has 0 atom stereocenters. The Balaban J connectivity index is 2.03. The Labute approximate surface area is 126 Å². The minimum Gasteiger partial charge on any atom is -0.480 e. The smallest absolute Gasteiger partial charge is 0.325 e. The molecule has 20 heavy (non-hydrogen) atoms. The number of hydrogen-bond acceptors (Lipinski definition) is 6. The lowest BCUT2D eigenvalue weighted by atomic mass is 10.5. The van der Waals surface area contributed by atoms with E-state index in [4.69, 9.17) is 5.11 Å². The van der Waals surface area contributed by atoms with Crippen LogP contribution < -0.4 is 4.72 Å². The molecule has 0 unspecified atom stereocenters. The molecule has 108 valence electrons. The summed E-state index contributed by atoms with van der Waals surface area (Å²) in [5, 5.41) is 17.5. The molecular formula is C9H9BrN4O4S2. The molecule has 0 spiro atoms. The molecule has 8 nitrogen and oxygen atoms in total. The quantitative estimate of drug-likeness (QED) is 0.760. The van der Waals surface area contributed by atoms with Gasteiger partial charge in [-0.1, -0.05) is 5.21 Å². The van der Waals surface area contributed by atoms with Crippen LogP contribution in [0.3, 0.4) is 0 Å². The van der Waals surface area contributed by atoms with Gasteiger partial charge in [0.15, 0.2) is 0 Å². The number of carboxylic acids is 1. The summed E-state index contributed by atoms with van der Waals surface area (Å²) >= 11 is 4.24. The lowest BCUT2D eigenvalue weighted by molar-refractivity contribution is -0.137. The Hall–Kier alpha value is -1.30. The van der Waals surface area contributed by atoms with Crippen molar-refractivity contribution in [2.45, 2.75) is 17.3 Å². The van der Waals surface area contributed by atoms with E-state index in [9.17, 15) is 13.2 Å². The van der Waals surface area contributed by atoms with Crippen molar-refractivity contribution in [3.8, 4) is 0 Å². The highest BCUT2D eigenvalue weighted by Gasteiger charge is 2.19. The standard InChI is InChI=1S/C9H9BrN4O4S2/c10-7-1-2-19-9(7)20(17,18)11-3-6-4-14(13-12-6)5-8(15)16/h1-2,4,11H,3,5H2,(H,15,16). The van der Waals surface area contributed by atoms with Crippen molar-refractivity contribution in [2.75, 3.05) is 0 Å². The highest BCUT2D eigenvalue weighted by Crippen LogP contribution is 2.27. The van der Waals surface area contributed by atoms with Gasteiger partial charge in [-0.05, 0) is 27.4 Å². The number of carboxylic acid groups (broad SMARTS) is 1. The molecule has 0 saturated carbocycles. The van der Waals surface area contributed by atoms with Crippen molar-refractivity contribution in [2.24, 2.45) is 0 Å². The average Bonchev–Trinajstić information content (AvgIpc) is 2.95. The predicted octanol–water partition coefficient (Wildman–Crippen LogP) is 0.665. The second-order valence-corrected chi connectivity index (χ2v) is 7.41. The predicted molar refractivity (Wildman–Crippen MR) is 73.7 cm³/mol. The Bertz CT molecular complexity index is 724. The van der Waals surface area contributed by atoms with Crippen LogP contribution >= 0.6 is 27.3 Å². The molecule has 0 bridgehead atoms. The van der Waals surface area contributed by atoms with Crippen LogP contribution in [-0.4, -0.2) is 34.5 Å². The number of nitrogens with zero attached hydrogens (tertiary/aromatic N) is 3. The first kappa shape index (κ1) is 15.1. The van der Waals surface area contributed by atoms with Crippen molar-refractivity contribution >= 4 is 43.3 Å². The van der Waals surface area contributed by atoms with Gasteiger partial charge in [-0.2, -0.15) is 0 Å². The number of aliphatic carboxylic acids is 1. The third-order valence-corrected chi connectivity index (χ3v) is 6.23. The maximum atomic E-state index is 12.0. The summed E-state index contributed by atoms with van der Waals surface area (Å²) < 4.78 is 28.1. The normalized spacial score (nSPS) is 11.7. The van der Waals surface area contributed by atoms with Crippen LogP contribution in [0.5, 0.6) is 0 Å². The summed E-state index contributed by atoms with van der Waals surface area (Å²) in [6.07, 6.45) is 1.38. The minimum absolute atomic E-state index is 0.0632. The van der Waals surface area contributed by atoms with Crippen molar-refractivity contribution < 1.29 is 18.3 Å². The molecule has 0 aromatic carbocycles.